The molecule has 1 aliphatic heterocycles. The molecule has 0 bridgehead atoms. The van der Waals surface area contributed by atoms with Gasteiger partial charge in [0.2, 0.25) is 0 Å². The summed E-state index contributed by atoms with van der Waals surface area (Å²) >= 11 is 0. The Kier molecular flexibility index (Phi) is 3.95. The van der Waals surface area contributed by atoms with Crippen molar-refractivity contribution in [1.82, 2.24) is 4.98 Å². The molecule has 8 heteroatoms. The van der Waals surface area contributed by atoms with Crippen LogP contribution in [0, 0.1) is 0 Å². The lowest BCUT2D eigenvalue weighted by Gasteiger charge is -2.22. The maximum Gasteiger partial charge on any atom is 0.433 e. The Balaban J connectivity index is 2.25. The number of alkyl halides is 3. The average molecular weight is 308 g/mol. The minimum atomic E-state index is -4.50. The average Bonchev–Trinajstić information content (AvgIpc) is 2.49. The monoisotopic (exact) mass is 308 g/mol. The van der Waals surface area contributed by atoms with Crippen molar-refractivity contribution in [2.24, 2.45) is 0 Å². The number of aromatic nitrogens is 1. The van der Waals surface area contributed by atoms with E-state index >= 15 is 0 Å². The second kappa shape index (κ2) is 5.23. The molecular formula is C12H15F3N2O2S. The molecule has 112 valence electrons. The fraction of sp³-hybridized carbons (Fsp3) is 0.583. The number of hydrogen-bond donors (Lipinski definition) is 0. The van der Waals surface area contributed by atoms with Crippen LogP contribution < -0.4 is 4.90 Å². The molecule has 20 heavy (non-hydrogen) atoms. The molecule has 0 spiro atoms. The Morgan fingerprint density at radius 3 is 2.70 bits per heavy atom. The van der Waals surface area contributed by atoms with E-state index in [2.05, 4.69) is 4.98 Å². The number of anilines is 1. The van der Waals surface area contributed by atoms with Gasteiger partial charge in [-0.05, 0) is 25.5 Å². The van der Waals surface area contributed by atoms with Gasteiger partial charge in [0.1, 0.15) is 5.69 Å². The number of pyridine rings is 1. The normalized spacial score (nSPS) is 23.4. The zero-order chi connectivity index (χ0) is 15.0. The van der Waals surface area contributed by atoms with Gasteiger partial charge in [-0.15, -0.1) is 0 Å². The summed E-state index contributed by atoms with van der Waals surface area (Å²) in [4.78, 5) is 4.97. The van der Waals surface area contributed by atoms with E-state index in [1.165, 1.54) is 6.07 Å². The van der Waals surface area contributed by atoms with Crippen molar-refractivity contribution >= 4 is 15.5 Å². The van der Waals surface area contributed by atoms with Crippen molar-refractivity contribution in [3.05, 3.63) is 24.0 Å². The van der Waals surface area contributed by atoms with Gasteiger partial charge in [0.25, 0.3) is 0 Å². The molecular weight excluding hydrogens is 293 g/mol. The lowest BCUT2D eigenvalue weighted by molar-refractivity contribution is -0.141. The second-order valence-electron chi connectivity index (χ2n) is 4.85. The van der Waals surface area contributed by atoms with Crippen LogP contribution in [-0.4, -0.2) is 37.5 Å². The molecule has 1 saturated heterocycles. The smallest absolute Gasteiger partial charge is 0.370 e. The van der Waals surface area contributed by atoms with Gasteiger partial charge in [0.05, 0.1) is 11.0 Å². The largest absolute Gasteiger partial charge is 0.433 e. The Morgan fingerprint density at radius 1 is 1.35 bits per heavy atom. The molecule has 4 nitrogen and oxygen atoms in total. The topological polar surface area (TPSA) is 50.3 Å². The first-order valence-electron chi connectivity index (χ1n) is 6.20. The molecule has 1 atom stereocenters. The first kappa shape index (κ1) is 15.1. The summed E-state index contributed by atoms with van der Waals surface area (Å²) in [5.74, 6) is -0.0438. The van der Waals surface area contributed by atoms with Gasteiger partial charge in [-0.3, -0.25) is 4.98 Å². The van der Waals surface area contributed by atoms with Crippen LogP contribution in [0.1, 0.15) is 19.0 Å². The number of sulfone groups is 1. The van der Waals surface area contributed by atoms with Crippen LogP contribution in [0.4, 0.5) is 18.9 Å². The van der Waals surface area contributed by atoms with E-state index in [9.17, 15) is 21.6 Å². The predicted molar refractivity (Wildman–Crippen MR) is 69.3 cm³/mol. The zero-order valence-corrected chi connectivity index (χ0v) is 11.7. The lowest BCUT2D eigenvalue weighted by Crippen LogP contribution is -2.27. The molecule has 1 fully saturated rings. The molecule has 0 amide bonds. The highest BCUT2D eigenvalue weighted by Gasteiger charge is 2.33. The third-order valence-electron chi connectivity index (χ3n) is 3.46. The fourth-order valence-corrected chi connectivity index (χ4v) is 3.44. The number of halogens is 3. The molecule has 1 aliphatic rings. The molecule has 0 aromatic carbocycles. The minimum Gasteiger partial charge on any atom is -0.370 e. The van der Waals surface area contributed by atoms with Crippen molar-refractivity contribution in [2.75, 3.05) is 23.7 Å². The van der Waals surface area contributed by atoms with Crippen LogP contribution in [0.3, 0.4) is 0 Å². The maximum absolute atomic E-state index is 12.6. The SMILES string of the molecule is CC1CCN(c2ccnc(C(F)(F)F)c2)CCS1(=O)=O. The zero-order valence-electron chi connectivity index (χ0n) is 10.9. The van der Waals surface area contributed by atoms with Gasteiger partial charge in [-0.1, -0.05) is 0 Å². The predicted octanol–water partition coefficient (Wildman–Crippen LogP) is 2.11. The maximum atomic E-state index is 12.6. The van der Waals surface area contributed by atoms with Crippen molar-refractivity contribution in [1.29, 1.82) is 0 Å². The van der Waals surface area contributed by atoms with E-state index < -0.39 is 27.0 Å². The third kappa shape index (κ3) is 3.23. The fourth-order valence-electron chi connectivity index (χ4n) is 2.10. The molecule has 0 saturated carbocycles. The van der Waals surface area contributed by atoms with E-state index in [1.54, 1.807) is 11.8 Å². The van der Waals surface area contributed by atoms with Gasteiger partial charge in [0, 0.05) is 25.0 Å². The number of rotatable bonds is 1. The third-order valence-corrected chi connectivity index (χ3v) is 5.68. The molecule has 2 rings (SSSR count). The molecule has 1 unspecified atom stereocenters. The van der Waals surface area contributed by atoms with Gasteiger partial charge in [0.15, 0.2) is 9.84 Å². The van der Waals surface area contributed by atoms with Crippen molar-refractivity contribution in [2.45, 2.75) is 24.8 Å². The van der Waals surface area contributed by atoms with E-state index in [0.29, 0.717) is 18.7 Å². The van der Waals surface area contributed by atoms with E-state index in [0.717, 1.165) is 12.3 Å². The van der Waals surface area contributed by atoms with Crippen LogP contribution >= 0.6 is 0 Å². The highest BCUT2D eigenvalue weighted by atomic mass is 32.2. The first-order valence-corrected chi connectivity index (χ1v) is 7.91. The van der Waals surface area contributed by atoms with Crippen molar-refractivity contribution < 1.29 is 21.6 Å². The molecule has 0 radical (unpaired) electrons. The first-order chi connectivity index (χ1) is 9.20. The molecule has 1 aromatic heterocycles. The van der Waals surface area contributed by atoms with Gasteiger partial charge >= 0.3 is 6.18 Å². The summed E-state index contributed by atoms with van der Waals surface area (Å²) in [6.45, 7) is 2.25. The summed E-state index contributed by atoms with van der Waals surface area (Å²) in [5.41, 5.74) is -0.605. The van der Waals surface area contributed by atoms with Crippen molar-refractivity contribution in [3.8, 4) is 0 Å². The lowest BCUT2D eigenvalue weighted by atomic mass is 10.2. The highest BCUT2D eigenvalue weighted by molar-refractivity contribution is 7.92. The van der Waals surface area contributed by atoms with Gasteiger partial charge < -0.3 is 4.90 Å². The Bertz CT molecular complexity index is 587. The molecule has 1 aromatic rings. The Hall–Kier alpha value is -1.31. The van der Waals surface area contributed by atoms with E-state index in [-0.39, 0.29) is 12.3 Å². The Labute approximate surface area is 115 Å². The van der Waals surface area contributed by atoms with Crippen molar-refractivity contribution in [3.63, 3.8) is 0 Å². The van der Waals surface area contributed by atoms with Crippen LogP contribution in [0.25, 0.3) is 0 Å². The van der Waals surface area contributed by atoms with E-state index in [1.807, 2.05) is 0 Å². The van der Waals surface area contributed by atoms with Crippen LogP contribution in [-0.2, 0) is 16.0 Å². The van der Waals surface area contributed by atoms with Crippen LogP contribution in [0.15, 0.2) is 18.3 Å². The van der Waals surface area contributed by atoms with Gasteiger partial charge in [-0.25, -0.2) is 8.42 Å². The summed E-state index contributed by atoms with van der Waals surface area (Å²) < 4.78 is 61.4. The molecule has 0 aliphatic carbocycles. The van der Waals surface area contributed by atoms with Crippen LogP contribution in [0.2, 0.25) is 0 Å². The molecule has 0 N–H and O–H groups in total. The summed E-state index contributed by atoms with van der Waals surface area (Å²) in [5, 5.41) is -0.462. The quantitative estimate of drug-likeness (QED) is 0.797. The summed E-state index contributed by atoms with van der Waals surface area (Å²) in [6, 6.07) is 2.43. The van der Waals surface area contributed by atoms with E-state index in [4.69, 9.17) is 0 Å². The molecule has 2 heterocycles. The minimum absolute atomic E-state index is 0.0438. The standard InChI is InChI=1S/C12H15F3N2O2S/c1-9-3-5-17(6-7-20(9,18)19)10-2-4-16-11(8-10)12(13,14)15/h2,4,8-9H,3,5-7H2,1H3. The Morgan fingerprint density at radius 2 is 2.05 bits per heavy atom. The van der Waals surface area contributed by atoms with Gasteiger partial charge in [-0.2, -0.15) is 13.2 Å². The summed E-state index contributed by atoms with van der Waals surface area (Å²) in [7, 11) is -3.16. The number of hydrogen-bond acceptors (Lipinski definition) is 4. The summed E-state index contributed by atoms with van der Waals surface area (Å²) in [6.07, 6.45) is -2.99. The highest BCUT2D eigenvalue weighted by Crippen LogP contribution is 2.30. The number of nitrogens with zero attached hydrogens (tertiary/aromatic N) is 2. The van der Waals surface area contributed by atoms with Crippen LogP contribution in [0.5, 0.6) is 0 Å². The second-order valence-corrected chi connectivity index (χ2v) is 7.39.